The summed E-state index contributed by atoms with van der Waals surface area (Å²) in [5, 5.41) is 8.43. The molecule has 2 aromatic carbocycles. The molecule has 0 bridgehead atoms. The Hall–Kier alpha value is -3.44. The largest absolute Gasteiger partial charge is 0.435 e. The smallest absolute Gasteiger partial charge is 0.321 e. The maximum Gasteiger partial charge on any atom is 0.435 e. The van der Waals surface area contributed by atoms with Gasteiger partial charge in [0.25, 0.3) is 5.91 Å². The molecule has 158 valence electrons. The molecule has 0 aliphatic carbocycles. The van der Waals surface area contributed by atoms with Gasteiger partial charge in [0.05, 0.1) is 11.3 Å². The fourth-order valence-electron chi connectivity index (χ4n) is 2.67. The van der Waals surface area contributed by atoms with Crippen LogP contribution in [-0.4, -0.2) is 20.9 Å². The summed E-state index contributed by atoms with van der Waals surface area (Å²) in [5.74, 6) is -2.27. The summed E-state index contributed by atoms with van der Waals surface area (Å²) >= 11 is 0. The predicted octanol–water partition coefficient (Wildman–Crippen LogP) is 5.00. The van der Waals surface area contributed by atoms with E-state index >= 15 is 0 Å². The molecule has 0 aliphatic rings. The van der Waals surface area contributed by atoms with Gasteiger partial charge in [-0.1, -0.05) is 17.3 Å². The predicted molar refractivity (Wildman–Crippen MR) is 90.5 cm³/mol. The van der Waals surface area contributed by atoms with Crippen molar-refractivity contribution < 1.29 is 35.5 Å². The first kappa shape index (κ1) is 21.3. The lowest BCUT2D eigenvalue weighted by Crippen LogP contribution is -2.21. The number of hydrogen-bond donors (Lipinski definition) is 1. The average molecular weight is 432 g/mol. The second kappa shape index (κ2) is 7.43. The Bertz CT molecular complexity index is 1100. The van der Waals surface area contributed by atoms with Gasteiger partial charge in [-0.05, 0) is 42.8 Å². The van der Waals surface area contributed by atoms with E-state index in [1.54, 1.807) is 0 Å². The Balaban J connectivity index is 2.02. The van der Waals surface area contributed by atoms with Crippen molar-refractivity contribution >= 4 is 11.6 Å². The van der Waals surface area contributed by atoms with Gasteiger partial charge in [0.2, 0.25) is 0 Å². The maximum absolute atomic E-state index is 13.6. The molecule has 1 N–H and O–H groups in total. The quantitative estimate of drug-likeness (QED) is 0.593. The van der Waals surface area contributed by atoms with Crippen molar-refractivity contribution in [2.75, 3.05) is 5.32 Å². The van der Waals surface area contributed by atoms with Gasteiger partial charge < -0.3 is 5.32 Å². The number of hydrogen-bond acceptors (Lipinski definition) is 3. The summed E-state index contributed by atoms with van der Waals surface area (Å²) in [7, 11) is 0. The number of benzene rings is 2. The molecular formula is C18H11F7N4O. The molecule has 0 radical (unpaired) electrons. The lowest BCUT2D eigenvalue weighted by atomic mass is 10.1. The van der Waals surface area contributed by atoms with Gasteiger partial charge >= 0.3 is 12.4 Å². The lowest BCUT2D eigenvalue weighted by molar-refractivity contribution is -0.143. The minimum atomic E-state index is -5.12. The van der Waals surface area contributed by atoms with Crippen LogP contribution in [0.25, 0.3) is 5.69 Å². The first-order valence-electron chi connectivity index (χ1n) is 8.16. The number of alkyl halides is 6. The van der Waals surface area contributed by atoms with Crippen molar-refractivity contribution in [1.29, 1.82) is 0 Å². The van der Waals surface area contributed by atoms with E-state index in [1.165, 1.54) is 6.92 Å². The molecule has 0 saturated heterocycles. The number of aromatic nitrogens is 3. The fourth-order valence-corrected chi connectivity index (χ4v) is 2.67. The van der Waals surface area contributed by atoms with E-state index in [0.717, 1.165) is 36.4 Å². The van der Waals surface area contributed by atoms with Crippen molar-refractivity contribution in [3.63, 3.8) is 0 Å². The highest BCUT2D eigenvalue weighted by atomic mass is 19.4. The lowest BCUT2D eigenvalue weighted by Gasteiger charge is -2.13. The number of aryl methyl sites for hydroxylation is 1. The van der Waals surface area contributed by atoms with Crippen molar-refractivity contribution in [1.82, 2.24) is 15.0 Å². The first-order chi connectivity index (χ1) is 13.9. The van der Waals surface area contributed by atoms with Crippen LogP contribution in [0.5, 0.6) is 0 Å². The van der Waals surface area contributed by atoms with Crippen molar-refractivity contribution in [3.05, 3.63) is 70.8 Å². The van der Waals surface area contributed by atoms with E-state index in [9.17, 15) is 35.5 Å². The Morgan fingerprint density at radius 1 is 1.00 bits per heavy atom. The topological polar surface area (TPSA) is 59.8 Å². The molecule has 0 unspecified atom stereocenters. The molecule has 3 aromatic rings. The highest BCUT2D eigenvalue weighted by Gasteiger charge is 2.42. The maximum atomic E-state index is 13.6. The molecule has 0 atom stereocenters. The second-order valence-electron chi connectivity index (χ2n) is 6.16. The molecule has 5 nitrogen and oxygen atoms in total. The zero-order valence-electron chi connectivity index (χ0n) is 14.9. The molecule has 1 heterocycles. The van der Waals surface area contributed by atoms with Gasteiger partial charge in [-0.25, -0.2) is 9.07 Å². The van der Waals surface area contributed by atoms with Gasteiger partial charge in [-0.15, -0.1) is 5.10 Å². The standard InChI is InChI=1S/C18H11F7N4O/c1-9-5-6-11(8-13(9)17(20,21)22)26-16(30)14-15(18(23,24)25)29(28-27-14)12-4-2-3-10(19)7-12/h2-8H,1H3,(H,26,30). The molecule has 3 rings (SSSR count). The van der Waals surface area contributed by atoms with E-state index in [-0.39, 0.29) is 21.6 Å². The van der Waals surface area contributed by atoms with E-state index in [4.69, 9.17) is 0 Å². The second-order valence-corrected chi connectivity index (χ2v) is 6.16. The molecule has 12 heteroatoms. The molecule has 0 saturated carbocycles. The Labute approximate surface area is 164 Å². The van der Waals surface area contributed by atoms with Gasteiger partial charge in [0.1, 0.15) is 5.82 Å². The van der Waals surface area contributed by atoms with Gasteiger partial charge in [0, 0.05) is 5.69 Å². The summed E-state index contributed by atoms with van der Waals surface area (Å²) in [4.78, 5) is 12.4. The number of rotatable bonds is 3. The highest BCUT2D eigenvalue weighted by Crippen LogP contribution is 2.35. The molecule has 0 spiro atoms. The molecule has 1 aromatic heterocycles. The number of amides is 1. The summed E-state index contributed by atoms with van der Waals surface area (Å²) in [6, 6.07) is 6.76. The zero-order chi connectivity index (χ0) is 22.3. The highest BCUT2D eigenvalue weighted by molar-refractivity contribution is 6.03. The van der Waals surface area contributed by atoms with Crippen molar-refractivity contribution in [2.24, 2.45) is 0 Å². The number of nitrogens with one attached hydrogen (secondary N) is 1. The summed E-state index contributed by atoms with van der Waals surface area (Å²) < 4.78 is 93.4. The minimum absolute atomic E-state index is 0.131. The van der Waals surface area contributed by atoms with Crippen LogP contribution in [-0.2, 0) is 12.4 Å². The van der Waals surface area contributed by atoms with E-state index < -0.39 is 41.0 Å². The normalized spacial score (nSPS) is 12.1. The summed E-state index contributed by atoms with van der Waals surface area (Å²) in [6.07, 6.45) is -9.84. The van der Waals surface area contributed by atoms with E-state index in [0.29, 0.717) is 6.07 Å². The third kappa shape index (κ3) is 4.26. The van der Waals surface area contributed by atoms with E-state index in [1.807, 2.05) is 5.32 Å². The van der Waals surface area contributed by atoms with Crippen LogP contribution in [0, 0.1) is 12.7 Å². The first-order valence-corrected chi connectivity index (χ1v) is 8.16. The number of anilines is 1. The summed E-state index contributed by atoms with van der Waals surface area (Å²) in [5.41, 5.74) is -4.70. The molecule has 0 aliphatic heterocycles. The van der Waals surface area contributed by atoms with E-state index in [2.05, 4.69) is 10.3 Å². The third-order valence-corrected chi connectivity index (χ3v) is 4.01. The Morgan fingerprint density at radius 3 is 2.30 bits per heavy atom. The van der Waals surface area contributed by atoms with Crippen molar-refractivity contribution in [3.8, 4) is 5.69 Å². The van der Waals surface area contributed by atoms with Crippen LogP contribution in [0.2, 0.25) is 0 Å². The fraction of sp³-hybridized carbons (Fsp3) is 0.167. The number of carbonyl (C=O) groups is 1. The Morgan fingerprint density at radius 2 is 1.70 bits per heavy atom. The summed E-state index contributed by atoms with van der Waals surface area (Å²) in [6.45, 7) is 1.20. The minimum Gasteiger partial charge on any atom is -0.321 e. The Kier molecular flexibility index (Phi) is 5.27. The molecule has 30 heavy (non-hydrogen) atoms. The van der Waals surface area contributed by atoms with Crippen molar-refractivity contribution in [2.45, 2.75) is 19.3 Å². The van der Waals surface area contributed by atoms with Gasteiger partial charge in [-0.2, -0.15) is 26.3 Å². The average Bonchev–Trinajstić information content (AvgIpc) is 3.08. The number of halogens is 7. The molecular weight excluding hydrogens is 421 g/mol. The van der Waals surface area contributed by atoms with Crippen LogP contribution in [0.3, 0.4) is 0 Å². The SMILES string of the molecule is Cc1ccc(NC(=O)c2nnn(-c3cccc(F)c3)c2C(F)(F)F)cc1C(F)(F)F. The van der Waals surface area contributed by atoms with Crippen LogP contribution in [0.4, 0.5) is 36.4 Å². The van der Waals surface area contributed by atoms with Crippen LogP contribution >= 0.6 is 0 Å². The molecule has 0 fully saturated rings. The van der Waals surface area contributed by atoms with Gasteiger partial charge in [0.15, 0.2) is 11.4 Å². The van der Waals surface area contributed by atoms with Crippen LogP contribution in [0.1, 0.15) is 27.3 Å². The zero-order valence-corrected chi connectivity index (χ0v) is 14.9. The molecule has 1 amide bonds. The third-order valence-electron chi connectivity index (χ3n) is 4.01. The number of carbonyl (C=O) groups excluding carboxylic acids is 1. The van der Waals surface area contributed by atoms with Gasteiger partial charge in [-0.3, -0.25) is 4.79 Å². The van der Waals surface area contributed by atoms with Crippen LogP contribution < -0.4 is 5.32 Å². The van der Waals surface area contributed by atoms with Crippen LogP contribution in [0.15, 0.2) is 42.5 Å². The number of nitrogens with zero attached hydrogens (tertiary/aromatic N) is 3. The monoisotopic (exact) mass is 432 g/mol.